The van der Waals surface area contributed by atoms with Crippen LogP contribution in [0.15, 0.2) is 53.6 Å². The van der Waals surface area contributed by atoms with E-state index >= 15 is 0 Å². The van der Waals surface area contributed by atoms with Crippen LogP contribution in [0.25, 0.3) is 10.9 Å². The minimum absolute atomic E-state index is 0.165. The van der Waals surface area contributed by atoms with Crippen LogP contribution in [0.4, 0.5) is 8.78 Å². The number of rotatable bonds is 5. The number of nitrogens with one attached hydrogen (secondary N) is 1. The van der Waals surface area contributed by atoms with Crippen LogP contribution in [-0.4, -0.2) is 32.1 Å². The number of fused-ring (bicyclic) bond motifs is 1. The Balaban J connectivity index is 1.79. The Kier molecular flexibility index (Phi) is 4.57. The van der Waals surface area contributed by atoms with Crippen LogP contribution in [0.5, 0.6) is 5.75 Å². The standard InChI is InChI=1S/C18H15ClF2N2O3S/c19-16-10-23(17-5-4-11(6-15(16)17)12-8-22-9-12)27(24,25)14-3-1-2-13(7-14)26-18(20)21/h1-7,10,12,18,22H,8-9H2. The summed E-state index contributed by atoms with van der Waals surface area (Å²) in [6.07, 6.45) is 1.32. The van der Waals surface area contributed by atoms with E-state index in [9.17, 15) is 17.2 Å². The van der Waals surface area contributed by atoms with Gasteiger partial charge in [0.15, 0.2) is 0 Å². The van der Waals surface area contributed by atoms with Gasteiger partial charge in [-0.1, -0.05) is 23.7 Å². The van der Waals surface area contributed by atoms with Gasteiger partial charge in [0.1, 0.15) is 5.75 Å². The summed E-state index contributed by atoms with van der Waals surface area (Å²) in [6, 6.07) is 10.5. The highest BCUT2D eigenvalue weighted by atomic mass is 35.5. The molecule has 142 valence electrons. The second-order valence-corrected chi connectivity index (χ2v) is 8.49. The molecule has 27 heavy (non-hydrogen) atoms. The number of benzene rings is 2. The first kappa shape index (κ1) is 18.2. The number of halogens is 3. The molecule has 0 spiro atoms. The maximum atomic E-state index is 13.0. The van der Waals surface area contributed by atoms with Crippen molar-refractivity contribution >= 4 is 32.5 Å². The maximum Gasteiger partial charge on any atom is 0.387 e. The first-order valence-corrected chi connectivity index (χ1v) is 10.00. The largest absolute Gasteiger partial charge is 0.435 e. The highest BCUT2D eigenvalue weighted by Crippen LogP contribution is 2.33. The first-order chi connectivity index (χ1) is 12.9. The third kappa shape index (κ3) is 3.28. The summed E-state index contributed by atoms with van der Waals surface area (Å²) in [5, 5.41) is 4.13. The van der Waals surface area contributed by atoms with E-state index in [1.807, 2.05) is 12.1 Å². The molecule has 4 rings (SSSR count). The van der Waals surface area contributed by atoms with Gasteiger partial charge in [-0.25, -0.2) is 12.4 Å². The molecular formula is C18H15ClF2N2O3S. The molecule has 0 amide bonds. The number of nitrogens with zero attached hydrogens (tertiary/aromatic N) is 1. The van der Waals surface area contributed by atoms with Crippen LogP contribution >= 0.6 is 11.6 Å². The molecule has 2 aromatic carbocycles. The fourth-order valence-electron chi connectivity index (χ4n) is 3.08. The minimum Gasteiger partial charge on any atom is -0.435 e. The summed E-state index contributed by atoms with van der Waals surface area (Å²) in [5.41, 5.74) is 1.52. The number of aromatic nitrogens is 1. The van der Waals surface area contributed by atoms with Crippen molar-refractivity contribution in [2.75, 3.05) is 13.1 Å². The molecule has 0 unspecified atom stereocenters. The van der Waals surface area contributed by atoms with Crippen molar-refractivity contribution in [3.05, 3.63) is 59.2 Å². The van der Waals surface area contributed by atoms with Crippen molar-refractivity contribution in [2.24, 2.45) is 0 Å². The highest BCUT2D eigenvalue weighted by molar-refractivity contribution is 7.90. The Morgan fingerprint density at radius 1 is 1.19 bits per heavy atom. The van der Waals surface area contributed by atoms with E-state index in [0.29, 0.717) is 21.8 Å². The van der Waals surface area contributed by atoms with Crippen molar-refractivity contribution in [2.45, 2.75) is 17.4 Å². The fourth-order valence-corrected chi connectivity index (χ4v) is 4.79. The molecule has 5 nitrogen and oxygen atoms in total. The van der Waals surface area contributed by atoms with Crippen molar-refractivity contribution < 1.29 is 21.9 Å². The van der Waals surface area contributed by atoms with Gasteiger partial charge in [-0.05, 0) is 29.8 Å². The average molecular weight is 413 g/mol. The van der Waals surface area contributed by atoms with Gasteiger partial charge >= 0.3 is 6.61 Å². The lowest BCUT2D eigenvalue weighted by Crippen LogP contribution is -2.39. The van der Waals surface area contributed by atoms with Gasteiger partial charge < -0.3 is 10.1 Å². The quantitative estimate of drug-likeness (QED) is 0.692. The fraction of sp³-hybridized carbons (Fsp3) is 0.222. The topological polar surface area (TPSA) is 60.3 Å². The van der Waals surface area contributed by atoms with E-state index in [2.05, 4.69) is 10.1 Å². The lowest BCUT2D eigenvalue weighted by atomic mass is 9.93. The lowest BCUT2D eigenvalue weighted by molar-refractivity contribution is -0.0499. The molecule has 0 radical (unpaired) electrons. The van der Waals surface area contributed by atoms with Gasteiger partial charge in [-0.15, -0.1) is 0 Å². The monoisotopic (exact) mass is 412 g/mol. The first-order valence-electron chi connectivity index (χ1n) is 8.18. The van der Waals surface area contributed by atoms with Crippen LogP contribution < -0.4 is 10.1 Å². The Morgan fingerprint density at radius 2 is 1.96 bits per heavy atom. The Bertz CT molecular complexity index is 1110. The second-order valence-electron chi connectivity index (χ2n) is 6.26. The number of alkyl halides is 2. The van der Waals surface area contributed by atoms with E-state index < -0.39 is 16.6 Å². The molecular weight excluding hydrogens is 398 g/mol. The summed E-state index contributed by atoms with van der Waals surface area (Å²) in [7, 11) is -4.03. The number of hydrogen-bond acceptors (Lipinski definition) is 4. The molecule has 1 fully saturated rings. The highest BCUT2D eigenvalue weighted by Gasteiger charge is 2.24. The zero-order valence-electron chi connectivity index (χ0n) is 13.9. The van der Waals surface area contributed by atoms with Crippen LogP contribution in [-0.2, 0) is 10.0 Å². The molecule has 2 heterocycles. The molecule has 0 saturated carbocycles. The molecule has 0 aliphatic carbocycles. The number of hydrogen-bond donors (Lipinski definition) is 1. The van der Waals surface area contributed by atoms with Crippen LogP contribution in [0.3, 0.4) is 0 Å². The van der Waals surface area contributed by atoms with E-state index in [0.717, 1.165) is 28.7 Å². The summed E-state index contributed by atoms with van der Waals surface area (Å²) >= 11 is 6.28. The van der Waals surface area contributed by atoms with Gasteiger partial charge in [-0.2, -0.15) is 8.78 Å². The SMILES string of the molecule is O=S(=O)(c1cccc(OC(F)F)c1)n1cc(Cl)c2cc(C3CNC3)ccc21. The molecule has 3 aromatic rings. The van der Waals surface area contributed by atoms with Crippen molar-refractivity contribution in [3.8, 4) is 5.75 Å². The molecule has 1 aromatic heterocycles. The van der Waals surface area contributed by atoms with Gasteiger partial charge in [0, 0.05) is 36.7 Å². The predicted octanol–water partition coefficient (Wildman–Crippen LogP) is 3.82. The van der Waals surface area contributed by atoms with Gasteiger partial charge in [0.2, 0.25) is 0 Å². The van der Waals surface area contributed by atoms with E-state index in [4.69, 9.17) is 11.6 Å². The summed E-state index contributed by atoms with van der Waals surface area (Å²) < 4.78 is 56.3. The molecule has 9 heteroatoms. The maximum absolute atomic E-state index is 13.0. The zero-order chi connectivity index (χ0) is 19.2. The third-order valence-corrected chi connectivity index (χ3v) is 6.56. The van der Waals surface area contributed by atoms with Crippen LogP contribution in [0.1, 0.15) is 11.5 Å². The summed E-state index contributed by atoms with van der Waals surface area (Å²) in [6.45, 7) is -1.29. The molecule has 1 saturated heterocycles. The Morgan fingerprint density at radius 3 is 2.63 bits per heavy atom. The molecule has 0 bridgehead atoms. The Hall–Kier alpha value is -2.16. The van der Waals surface area contributed by atoms with Gasteiger partial charge in [0.05, 0.1) is 15.4 Å². The van der Waals surface area contributed by atoms with E-state index in [1.54, 1.807) is 6.07 Å². The zero-order valence-corrected chi connectivity index (χ0v) is 15.5. The average Bonchev–Trinajstić information content (AvgIpc) is 2.90. The van der Waals surface area contributed by atoms with Crippen molar-refractivity contribution in [3.63, 3.8) is 0 Å². The Labute approximate surface area is 159 Å². The molecule has 1 aliphatic heterocycles. The predicted molar refractivity (Wildman–Crippen MR) is 98.2 cm³/mol. The summed E-state index contributed by atoms with van der Waals surface area (Å²) in [5.74, 6) is 0.155. The summed E-state index contributed by atoms with van der Waals surface area (Å²) in [4.78, 5) is -0.165. The lowest BCUT2D eigenvalue weighted by Gasteiger charge is -2.27. The van der Waals surface area contributed by atoms with Crippen molar-refractivity contribution in [1.82, 2.24) is 9.29 Å². The van der Waals surface area contributed by atoms with Crippen LogP contribution in [0.2, 0.25) is 5.02 Å². The second kappa shape index (κ2) is 6.78. The normalized spacial score (nSPS) is 15.3. The van der Waals surface area contributed by atoms with Crippen molar-refractivity contribution in [1.29, 1.82) is 0 Å². The van der Waals surface area contributed by atoms with Gasteiger partial charge in [0.25, 0.3) is 10.0 Å². The van der Waals surface area contributed by atoms with Gasteiger partial charge in [-0.3, -0.25) is 0 Å². The van der Waals surface area contributed by atoms with Crippen LogP contribution in [0, 0.1) is 0 Å². The van der Waals surface area contributed by atoms with E-state index in [1.165, 1.54) is 24.4 Å². The third-order valence-electron chi connectivity index (χ3n) is 4.59. The smallest absolute Gasteiger partial charge is 0.387 e. The molecule has 1 aliphatic rings. The van der Waals surface area contributed by atoms with E-state index in [-0.39, 0.29) is 10.6 Å². The minimum atomic E-state index is -4.03. The molecule has 0 atom stereocenters. The molecule has 1 N–H and O–H groups in total. The number of ether oxygens (including phenoxy) is 1.